The van der Waals surface area contributed by atoms with Crippen LogP contribution in [0.2, 0.25) is 0 Å². The van der Waals surface area contributed by atoms with E-state index in [0.717, 1.165) is 39.4 Å². The third-order valence-corrected chi connectivity index (χ3v) is 7.37. The van der Waals surface area contributed by atoms with Gasteiger partial charge in [-0.25, -0.2) is 0 Å². The molecule has 1 atom stereocenters. The van der Waals surface area contributed by atoms with Crippen LogP contribution >= 0.6 is 11.3 Å². The van der Waals surface area contributed by atoms with Crippen LogP contribution in [0.15, 0.2) is 18.2 Å². The molecule has 3 aliphatic heterocycles. The summed E-state index contributed by atoms with van der Waals surface area (Å²) in [4.78, 5) is 16.3. The highest BCUT2D eigenvalue weighted by atomic mass is 32.1. The van der Waals surface area contributed by atoms with Crippen LogP contribution < -0.4 is 10.1 Å². The molecule has 0 spiro atoms. The van der Waals surface area contributed by atoms with Crippen LogP contribution in [-0.2, 0) is 0 Å². The molecule has 1 aromatic carbocycles. The summed E-state index contributed by atoms with van der Waals surface area (Å²) >= 11 is 1.54. The molecular weight excluding hydrogens is 344 g/mol. The summed E-state index contributed by atoms with van der Waals surface area (Å²) in [6, 6.07) is 6.37. The minimum absolute atomic E-state index is 0.0284. The fourth-order valence-electron chi connectivity index (χ4n) is 4.70. The average molecular weight is 373 g/mol. The van der Waals surface area contributed by atoms with Crippen molar-refractivity contribution in [1.82, 2.24) is 10.2 Å². The number of fused-ring (bicyclic) bond motifs is 4. The zero-order chi connectivity index (χ0) is 18.5. The number of piperidine rings is 3. The number of amides is 1. The molecule has 5 rings (SSSR count). The van der Waals surface area contributed by atoms with Gasteiger partial charge >= 0.3 is 0 Å². The Morgan fingerprint density at radius 3 is 2.73 bits per heavy atom. The number of carbonyl (C=O) groups is 1. The summed E-state index contributed by atoms with van der Waals surface area (Å²) in [7, 11) is 0. The summed E-state index contributed by atoms with van der Waals surface area (Å²) in [5.41, 5.74) is 1.15. The maximum atomic E-state index is 13.0. The van der Waals surface area contributed by atoms with Gasteiger partial charge in [-0.2, -0.15) is 0 Å². The molecule has 4 nitrogen and oxygen atoms in total. The minimum Gasteiger partial charge on any atom is -0.492 e. The highest BCUT2D eigenvalue weighted by Gasteiger charge is 2.48. The molecule has 0 radical (unpaired) electrons. The number of aryl methyl sites for hydroxylation is 1. The first-order valence-corrected chi connectivity index (χ1v) is 10.5. The van der Waals surface area contributed by atoms with Crippen molar-refractivity contribution in [2.24, 2.45) is 5.92 Å². The van der Waals surface area contributed by atoms with Gasteiger partial charge in [-0.1, -0.05) is 12.1 Å². The zero-order valence-corrected chi connectivity index (χ0v) is 16.9. The molecule has 0 unspecified atom stereocenters. The summed E-state index contributed by atoms with van der Waals surface area (Å²) in [5.74, 6) is 1.56. The van der Waals surface area contributed by atoms with Crippen LogP contribution in [0.4, 0.5) is 0 Å². The van der Waals surface area contributed by atoms with E-state index in [2.05, 4.69) is 43.1 Å². The number of nitrogens with one attached hydrogen (secondary N) is 1. The summed E-state index contributed by atoms with van der Waals surface area (Å²) in [5, 5.41) is 4.46. The number of carbonyl (C=O) groups excluding carboxylic acids is 1. The Kier molecular flexibility index (Phi) is 4.48. The molecule has 3 saturated heterocycles. The number of rotatable bonds is 4. The Bertz CT molecular complexity index is 834. The van der Waals surface area contributed by atoms with E-state index >= 15 is 0 Å². The lowest BCUT2D eigenvalue weighted by Crippen LogP contribution is -2.69. The first kappa shape index (κ1) is 17.8. The van der Waals surface area contributed by atoms with E-state index in [4.69, 9.17) is 4.74 Å². The molecule has 3 aliphatic rings. The van der Waals surface area contributed by atoms with Gasteiger partial charge in [0.25, 0.3) is 5.91 Å². The Morgan fingerprint density at radius 1 is 1.35 bits per heavy atom. The SMILES string of the molecule is CCOc1c(C)ccc2cc(C(=O)N[C@H]3C4CCN(CC4)C3(C)C)sc12. The monoisotopic (exact) mass is 372 g/mol. The molecule has 0 saturated carbocycles. The molecule has 1 N–H and O–H groups in total. The number of hydrogen-bond acceptors (Lipinski definition) is 4. The van der Waals surface area contributed by atoms with Crippen LogP contribution in [0.3, 0.4) is 0 Å². The largest absolute Gasteiger partial charge is 0.492 e. The van der Waals surface area contributed by atoms with Crippen molar-refractivity contribution in [3.8, 4) is 5.75 Å². The Hall–Kier alpha value is -1.59. The molecule has 0 aliphatic carbocycles. The number of hydrogen-bond donors (Lipinski definition) is 1. The van der Waals surface area contributed by atoms with Crippen molar-refractivity contribution in [3.63, 3.8) is 0 Å². The molecule has 1 aromatic heterocycles. The molecule has 26 heavy (non-hydrogen) atoms. The van der Waals surface area contributed by atoms with E-state index in [1.54, 1.807) is 11.3 Å². The van der Waals surface area contributed by atoms with Crippen LogP contribution in [0.5, 0.6) is 5.75 Å². The summed E-state index contributed by atoms with van der Waals surface area (Å²) in [6.45, 7) is 11.5. The molecule has 4 heterocycles. The molecule has 140 valence electrons. The normalized spacial score (nSPS) is 26.8. The lowest BCUT2D eigenvalue weighted by atomic mass is 9.72. The number of ether oxygens (including phenoxy) is 1. The highest BCUT2D eigenvalue weighted by molar-refractivity contribution is 7.21. The van der Waals surface area contributed by atoms with Crippen LogP contribution in [0.25, 0.3) is 10.1 Å². The Balaban J connectivity index is 1.62. The molecule has 2 bridgehead atoms. The maximum Gasteiger partial charge on any atom is 0.261 e. The van der Waals surface area contributed by atoms with Gasteiger partial charge in [0.05, 0.1) is 16.2 Å². The minimum atomic E-state index is 0.0284. The van der Waals surface area contributed by atoms with Crippen molar-refractivity contribution < 1.29 is 9.53 Å². The number of nitrogens with zero attached hydrogens (tertiary/aromatic N) is 1. The van der Waals surface area contributed by atoms with Crippen LogP contribution in [0, 0.1) is 12.8 Å². The smallest absolute Gasteiger partial charge is 0.261 e. The van der Waals surface area contributed by atoms with Gasteiger partial charge in [0.1, 0.15) is 5.75 Å². The number of benzene rings is 1. The van der Waals surface area contributed by atoms with E-state index in [1.807, 2.05) is 13.0 Å². The van der Waals surface area contributed by atoms with E-state index in [0.29, 0.717) is 12.5 Å². The van der Waals surface area contributed by atoms with Crippen molar-refractivity contribution in [2.75, 3.05) is 19.7 Å². The van der Waals surface area contributed by atoms with E-state index in [1.165, 1.54) is 12.8 Å². The van der Waals surface area contributed by atoms with Crippen molar-refractivity contribution in [2.45, 2.75) is 52.1 Å². The number of thiophene rings is 1. The van der Waals surface area contributed by atoms with Crippen molar-refractivity contribution in [3.05, 3.63) is 28.6 Å². The molecule has 2 aromatic rings. The van der Waals surface area contributed by atoms with Gasteiger partial charge in [0, 0.05) is 11.6 Å². The predicted octanol–water partition coefficient (Wildman–Crippen LogP) is 4.21. The summed E-state index contributed by atoms with van der Waals surface area (Å²) in [6.07, 6.45) is 2.38. The lowest BCUT2D eigenvalue weighted by molar-refractivity contribution is -0.0377. The summed E-state index contributed by atoms with van der Waals surface area (Å²) < 4.78 is 6.91. The van der Waals surface area contributed by atoms with Gasteiger partial charge in [-0.3, -0.25) is 9.69 Å². The van der Waals surface area contributed by atoms with E-state index in [-0.39, 0.29) is 17.5 Å². The third-order valence-electron chi connectivity index (χ3n) is 6.22. The molecule has 3 fully saturated rings. The Morgan fingerprint density at radius 2 is 2.08 bits per heavy atom. The molecular formula is C21H28N2O2S. The van der Waals surface area contributed by atoms with Gasteiger partial charge in [0.15, 0.2) is 0 Å². The van der Waals surface area contributed by atoms with Gasteiger partial charge in [-0.15, -0.1) is 11.3 Å². The zero-order valence-electron chi connectivity index (χ0n) is 16.1. The van der Waals surface area contributed by atoms with Gasteiger partial charge in [0.2, 0.25) is 0 Å². The first-order valence-electron chi connectivity index (χ1n) is 9.63. The fourth-order valence-corrected chi connectivity index (χ4v) is 5.82. The first-order chi connectivity index (χ1) is 12.4. The lowest BCUT2D eigenvalue weighted by Gasteiger charge is -2.56. The van der Waals surface area contributed by atoms with Gasteiger partial charge < -0.3 is 10.1 Å². The second kappa shape index (κ2) is 6.54. The van der Waals surface area contributed by atoms with Crippen LogP contribution in [-0.4, -0.2) is 42.1 Å². The fraction of sp³-hybridized carbons (Fsp3) is 0.571. The average Bonchev–Trinajstić information content (AvgIpc) is 3.05. The molecule has 5 heteroatoms. The van der Waals surface area contributed by atoms with E-state index in [9.17, 15) is 4.79 Å². The van der Waals surface area contributed by atoms with Crippen LogP contribution in [0.1, 0.15) is 48.8 Å². The molecule has 1 amide bonds. The quantitative estimate of drug-likeness (QED) is 0.874. The topological polar surface area (TPSA) is 41.6 Å². The second-order valence-electron chi connectivity index (χ2n) is 8.10. The highest BCUT2D eigenvalue weighted by Crippen LogP contribution is 2.40. The van der Waals surface area contributed by atoms with Gasteiger partial charge in [-0.05, 0) is 76.6 Å². The standard InChI is InChI=1S/C21H28N2O2S/c1-5-25-17-13(2)6-7-15-12-16(26-18(15)17)20(24)22-19-14-8-10-23(11-9-14)21(19,3)4/h6-7,12,14,19H,5,8-11H2,1-4H3,(H,22,24)/t19-/m0/s1. The van der Waals surface area contributed by atoms with Crippen molar-refractivity contribution >= 4 is 27.3 Å². The second-order valence-corrected chi connectivity index (χ2v) is 9.16. The maximum absolute atomic E-state index is 13.0. The Labute approximate surface area is 159 Å². The van der Waals surface area contributed by atoms with Crippen molar-refractivity contribution in [1.29, 1.82) is 0 Å². The predicted molar refractivity (Wildman–Crippen MR) is 107 cm³/mol. The third kappa shape index (κ3) is 2.81. The van der Waals surface area contributed by atoms with E-state index < -0.39 is 0 Å².